The third-order valence-electron chi connectivity index (χ3n) is 3.20. The number of anilines is 1. The highest BCUT2D eigenvalue weighted by Crippen LogP contribution is 2.20. The van der Waals surface area contributed by atoms with E-state index in [0.717, 1.165) is 18.8 Å². The number of aromatic nitrogens is 1. The molecule has 104 valence electrons. The summed E-state index contributed by atoms with van der Waals surface area (Å²) in [5.74, 6) is -0.0566. The van der Waals surface area contributed by atoms with Crippen LogP contribution in [-0.4, -0.2) is 29.5 Å². The van der Waals surface area contributed by atoms with E-state index in [2.05, 4.69) is 15.2 Å². The fourth-order valence-electron chi connectivity index (χ4n) is 2.29. The second kappa shape index (κ2) is 5.59. The van der Waals surface area contributed by atoms with Gasteiger partial charge in [-0.3, -0.25) is 9.78 Å². The summed E-state index contributed by atoms with van der Waals surface area (Å²) in [6.45, 7) is 8.06. The van der Waals surface area contributed by atoms with Crippen molar-refractivity contribution in [1.82, 2.24) is 10.3 Å². The molecule has 0 saturated carbocycles. The number of nitrogens with zero attached hydrogens (tertiary/aromatic N) is 2. The van der Waals surface area contributed by atoms with Crippen LogP contribution in [0.4, 0.5) is 5.69 Å². The zero-order valence-corrected chi connectivity index (χ0v) is 12.1. The molecule has 0 aromatic carbocycles. The second-order valence-corrected chi connectivity index (χ2v) is 6.18. The van der Waals surface area contributed by atoms with Crippen molar-refractivity contribution in [2.75, 3.05) is 18.0 Å². The van der Waals surface area contributed by atoms with Crippen molar-refractivity contribution in [3.63, 3.8) is 0 Å². The van der Waals surface area contributed by atoms with E-state index in [1.807, 2.05) is 33.0 Å². The van der Waals surface area contributed by atoms with Crippen LogP contribution < -0.4 is 10.2 Å². The fraction of sp³-hybridized carbons (Fsp3) is 0.600. The van der Waals surface area contributed by atoms with E-state index >= 15 is 0 Å². The summed E-state index contributed by atoms with van der Waals surface area (Å²) in [4.78, 5) is 18.6. The molecule has 2 rings (SSSR count). The Morgan fingerprint density at radius 3 is 2.53 bits per heavy atom. The minimum Gasteiger partial charge on any atom is -0.370 e. The molecule has 19 heavy (non-hydrogen) atoms. The second-order valence-electron chi connectivity index (χ2n) is 6.18. The number of piperidine rings is 1. The van der Waals surface area contributed by atoms with Gasteiger partial charge in [-0.2, -0.15) is 0 Å². The Morgan fingerprint density at radius 2 is 1.89 bits per heavy atom. The molecular weight excluding hydrogens is 238 g/mol. The number of carbonyl (C=O) groups is 1. The van der Waals surface area contributed by atoms with Crippen LogP contribution in [-0.2, 0) is 0 Å². The molecule has 1 aromatic heterocycles. The normalized spacial score (nSPS) is 16.3. The molecule has 0 bridgehead atoms. The molecule has 1 aliphatic heterocycles. The monoisotopic (exact) mass is 261 g/mol. The van der Waals surface area contributed by atoms with Crippen molar-refractivity contribution in [1.29, 1.82) is 0 Å². The van der Waals surface area contributed by atoms with Crippen LogP contribution in [0.15, 0.2) is 18.5 Å². The van der Waals surface area contributed by atoms with Crippen LogP contribution in [0.5, 0.6) is 0 Å². The lowest BCUT2D eigenvalue weighted by molar-refractivity contribution is 0.0919. The molecule has 1 fully saturated rings. The first-order valence-corrected chi connectivity index (χ1v) is 6.98. The van der Waals surface area contributed by atoms with Crippen LogP contribution in [0.1, 0.15) is 50.4 Å². The zero-order valence-electron chi connectivity index (χ0n) is 12.1. The van der Waals surface area contributed by atoms with Gasteiger partial charge in [0.15, 0.2) is 0 Å². The molecular formula is C15H23N3O. The highest BCUT2D eigenvalue weighted by atomic mass is 16.1. The van der Waals surface area contributed by atoms with Crippen LogP contribution in [0, 0.1) is 0 Å². The van der Waals surface area contributed by atoms with Gasteiger partial charge >= 0.3 is 0 Å². The van der Waals surface area contributed by atoms with Crippen LogP contribution in [0.2, 0.25) is 0 Å². The predicted molar refractivity (Wildman–Crippen MR) is 77.5 cm³/mol. The van der Waals surface area contributed by atoms with Gasteiger partial charge in [0.2, 0.25) is 0 Å². The average Bonchev–Trinajstić information content (AvgIpc) is 2.38. The van der Waals surface area contributed by atoms with E-state index in [1.54, 1.807) is 6.20 Å². The molecule has 0 spiro atoms. The van der Waals surface area contributed by atoms with E-state index in [-0.39, 0.29) is 11.4 Å². The van der Waals surface area contributed by atoms with Crippen LogP contribution in [0.25, 0.3) is 0 Å². The van der Waals surface area contributed by atoms with Gasteiger partial charge in [0.05, 0.1) is 17.4 Å². The Morgan fingerprint density at radius 1 is 1.21 bits per heavy atom. The van der Waals surface area contributed by atoms with Gasteiger partial charge in [-0.15, -0.1) is 0 Å². The van der Waals surface area contributed by atoms with Gasteiger partial charge in [-0.1, -0.05) is 0 Å². The molecule has 0 unspecified atom stereocenters. The quantitative estimate of drug-likeness (QED) is 0.890. The van der Waals surface area contributed by atoms with Crippen LogP contribution in [0.3, 0.4) is 0 Å². The summed E-state index contributed by atoms with van der Waals surface area (Å²) in [5.41, 5.74) is 1.47. The Balaban J connectivity index is 2.12. The number of nitrogens with one attached hydrogen (secondary N) is 1. The Hall–Kier alpha value is -1.58. The SMILES string of the molecule is CC(C)(C)NC(=O)c1cncc(N2CCCCC2)c1. The first kappa shape index (κ1) is 13.8. The molecule has 0 atom stereocenters. The molecule has 1 aliphatic rings. The van der Waals surface area contributed by atoms with Crippen molar-refractivity contribution in [2.24, 2.45) is 0 Å². The highest BCUT2D eigenvalue weighted by Gasteiger charge is 2.17. The van der Waals surface area contributed by atoms with Gasteiger partial charge < -0.3 is 10.2 Å². The zero-order chi connectivity index (χ0) is 13.9. The van der Waals surface area contributed by atoms with Crippen molar-refractivity contribution in [2.45, 2.75) is 45.6 Å². The number of pyridine rings is 1. The van der Waals surface area contributed by atoms with Crippen molar-refractivity contribution < 1.29 is 4.79 Å². The number of hydrogen-bond acceptors (Lipinski definition) is 3. The molecule has 4 heteroatoms. The van der Waals surface area contributed by atoms with Gasteiger partial charge in [0.1, 0.15) is 0 Å². The molecule has 1 aromatic rings. The minimum atomic E-state index is -0.224. The van der Waals surface area contributed by atoms with E-state index in [4.69, 9.17) is 0 Å². The third kappa shape index (κ3) is 3.94. The van der Waals surface area contributed by atoms with Crippen LogP contribution >= 0.6 is 0 Å². The van der Waals surface area contributed by atoms with Gasteiger partial charge in [-0.25, -0.2) is 0 Å². The van der Waals surface area contributed by atoms with Crippen molar-refractivity contribution in [3.05, 3.63) is 24.0 Å². The lowest BCUT2D eigenvalue weighted by atomic mass is 10.1. The van der Waals surface area contributed by atoms with Gasteiger partial charge in [0, 0.05) is 24.8 Å². The number of rotatable bonds is 2. The van der Waals surface area contributed by atoms with Crippen molar-refractivity contribution >= 4 is 11.6 Å². The largest absolute Gasteiger partial charge is 0.370 e. The summed E-state index contributed by atoms with van der Waals surface area (Å²) < 4.78 is 0. The molecule has 1 saturated heterocycles. The summed E-state index contributed by atoms with van der Waals surface area (Å²) in [5, 5.41) is 2.97. The first-order valence-electron chi connectivity index (χ1n) is 6.98. The van der Waals surface area contributed by atoms with E-state index < -0.39 is 0 Å². The van der Waals surface area contributed by atoms with Gasteiger partial charge in [-0.05, 0) is 46.1 Å². The Bertz CT molecular complexity index is 445. The molecule has 0 radical (unpaired) electrons. The summed E-state index contributed by atoms with van der Waals surface area (Å²) in [6, 6.07) is 1.94. The lowest BCUT2D eigenvalue weighted by Crippen LogP contribution is -2.40. The van der Waals surface area contributed by atoms with E-state index in [1.165, 1.54) is 19.3 Å². The van der Waals surface area contributed by atoms with Gasteiger partial charge in [0.25, 0.3) is 5.91 Å². The molecule has 0 aliphatic carbocycles. The summed E-state index contributed by atoms with van der Waals surface area (Å²) >= 11 is 0. The molecule has 1 amide bonds. The first-order chi connectivity index (χ1) is 8.96. The smallest absolute Gasteiger partial charge is 0.253 e. The molecule has 4 nitrogen and oxygen atoms in total. The third-order valence-corrected chi connectivity index (χ3v) is 3.20. The Labute approximate surface area is 115 Å². The maximum atomic E-state index is 12.1. The Kier molecular flexibility index (Phi) is 4.08. The van der Waals surface area contributed by atoms with Crippen molar-refractivity contribution in [3.8, 4) is 0 Å². The number of carbonyl (C=O) groups excluding carboxylic acids is 1. The highest BCUT2D eigenvalue weighted by molar-refractivity contribution is 5.95. The van der Waals surface area contributed by atoms with E-state index in [0.29, 0.717) is 5.56 Å². The summed E-state index contributed by atoms with van der Waals surface area (Å²) in [7, 11) is 0. The molecule has 1 N–H and O–H groups in total. The van der Waals surface area contributed by atoms with E-state index in [9.17, 15) is 4.79 Å². The number of hydrogen-bond donors (Lipinski definition) is 1. The number of amides is 1. The maximum Gasteiger partial charge on any atom is 0.253 e. The topological polar surface area (TPSA) is 45.2 Å². The maximum absolute atomic E-state index is 12.1. The molecule has 2 heterocycles. The predicted octanol–water partition coefficient (Wildman–Crippen LogP) is 2.60. The standard InChI is InChI=1S/C15H23N3O/c1-15(2,3)17-14(19)12-9-13(11-16-10-12)18-7-5-4-6-8-18/h9-11H,4-8H2,1-3H3,(H,17,19). The lowest BCUT2D eigenvalue weighted by Gasteiger charge is -2.28. The minimum absolute atomic E-state index is 0.0566. The summed E-state index contributed by atoms with van der Waals surface area (Å²) in [6.07, 6.45) is 7.22. The fourth-order valence-corrected chi connectivity index (χ4v) is 2.29. The average molecular weight is 261 g/mol.